The van der Waals surface area contributed by atoms with Crippen LogP contribution in [0.3, 0.4) is 0 Å². The minimum absolute atomic E-state index is 0.0256. The molecule has 9 nitrogen and oxygen atoms in total. The number of sulfonamides is 1. The number of rotatable bonds is 6. The second kappa shape index (κ2) is 10.7. The van der Waals surface area contributed by atoms with Gasteiger partial charge in [-0.25, -0.2) is 8.42 Å². The molecule has 3 N–H and O–H groups in total. The number of Topliss-reactive ketones (excluding diaryl/α,β-unsaturated/α-hetero) is 1. The molecular weight excluding hydrogens is 444 g/mol. The quantitative estimate of drug-likeness (QED) is 0.531. The average Bonchev–Trinajstić information content (AvgIpc) is 2.80. The molecular formula is C23H28N4O5S. The van der Waals surface area contributed by atoms with E-state index in [1.54, 1.807) is 44.4 Å². The van der Waals surface area contributed by atoms with E-state index in [2.05, 4.69) is 20.3 Å². The molecule has 1 aromatic carbocycles. The van der Waals surface area contributed by atoms with E-state index in [0.29, 0.717) is 19.4 Å². The zero-order valence-electron chi connectivity index (χ0n) is 18.6. The molecule has 3 rings (SSSR count). The molecule has 0 fully saturated rings. The Morgan fingerprint density at radius 1 is 1.12 bits per heavy atom. The Balaban J connectivity index is 1.85. The van der Waals surface area contributed by atoms with Gasteiger partial charge in [-0.15, -0.1) is 0 Å². The number of ketones is 1. The van der Waals surface area contributed by atoms with Gasteiger partial charge in [-0.2, -0.15) is 4.72 Å². The fraction of sp³-hybridized carbons (Fsp3) is 0.391. The van der Waals surface area contributed by atoms with E-state index in [4.69, 9.17) is 0 Å². The standard InChI is InChI=1S/C23H28N4O5S/c1-15(2)20(27-33(31,32)18-8-4-3-5-9-18)22(29)26-19-13-17-14-24-12-10-16(17)7-6-11-25-23(30)21(19)28/h3-5,8-10,12,14-15,19-20,27H,6-7,11,13H2,1-2H3,(H,25,30)(H,26,29). The molecule has 2 heterocycles. The molecule has 1 aromatic heterocycles. The molecule has 2 atom stereocenters. The molecule has 1 aliphatic rings. The van der Waals surface area contributed by atoms with Crippen LogP contribution >= 0.6 is 0 Å². The molecule has 0 aliphatic carbocycles. The van der Waals surface area contributed by atoms with Crippen molar-refractivity contribution in [3.63, 3.8) is 0 Å². The van der Waals surface area contributed by atoms with E-state index in [1.807, 2.05) is 6.07 Å². The van der Waals surface area contributed by atoms with Crippen LogP contribution in [0.4, 0.5) is 0 Å². The number of hydrogen-bond acceptors (Lipinski definition) is 6. The third-order valence-corrected chi connectivity index (χ3v) is 6.94. The fourth-order valence-corrected chi connectivity index (χ4v) is 4.99. The Morgan fingerprint density at radius 3 is 2.55 bits per heavy atom. The Labute approximate surface area is 193 Å². The highest BCUT2D eigenvalue weighted by atomic mass is 32.2. The van der Waals surface area contributed by atoms with Crippen molar-refractivity contribution in [2.75, 3.05) is 6.54 Å². The largest absolute Gasteiger partial charge is 0.349 e. The number of amides is 2. The molecule has 0 bridgehead atoms. The van der Waals surface area contributed by atoms with Crippen LogP contribution in [0.1, 0.15) is 31.4 Å². The second-order valence-electron chi connectivity index (χ2n) is 8.29. The number of benzene rings is 1. The maximum atomic E-state index is 13.1. The Kier molecular flexibility index (Phi) is 7.93. The first kappa shape index (κ1) is 24.5. The van der Waals surface area contributed by atoms with Crippen molar-refractivity contribution in [1.82, 2.24) is 20.3 Å². The van der Waals surface area contributed by atoms with Gasteiger partial charge in [0.2, 0.25) is 21.7 Å². The third kappa shape index (κ3) is 6.23. The topological polar surface area (TPSA) is 134 Å². The predicted molar refractivity (Wildman–Crippen MR) is 122 cm³/mol. The van der Waals surface area contributed by atoms with Gasteiger partial charge in [-0.1, -0.05) is 32.0 Å². The second-order valence-corrected chi connectivity index (χ2v) is 10.0. The molecule has 1 aliphatic heterocycles. The van der Waals surface area contributed by atoms with E-state index in [0.717, 1.165) is 11.1 Å². The Morgan fingerprint density at radius 2 is 1.85 bits per heavy atom. The normalized spacial score (nSPS) is 18.2. The van der Waals surface area contributed by atoms with Gasteiger partial charge in [0.05, 0.1) is 4.90 Å². The van der Waals surface area contributed by atoms with Crippen LogP contribution in [0.2, 0.25) is 0 Å². The zero-order chi connectivity index (χ0) is 24.0. The summed E-state index contributed by atoms with van der Waals surface area (Å²) in [4.78, 5) is 42.4. The zero-order valence-corrected chi connectivity index (χ0v) is 19.4. The van der Waals surface area contributed by atoms with Crippen molar-refractivity contribution >= 4 is 27.6 Å². The third-order valence-electron chi connectivity index (χ3n) is 5.48. The summed E-state index contributed by atoms with van der Waals surface area (Å²) in [5.41, 5.74) is 1.75. The summed E-state index contributed by atoms with van der Waals surface area (Å²) in [5.74, 6) is -2.66. The minimum atomic E-state index is -3.97. The number of nitrogens with one attached hydrogen (secondary N) is 3. The molecule has 2 aromatic rings. The first-order chi connectivity index (χ1) is 15.7. The summed E-state index contributed by atoms with van der Waals surface area (Å²) >= 11 is 0. The lowest BCUT2D eigenvalue weighted by atomic mass is 9.95. The molecule has 2 unspecified atom stereocenters. The van der Waals surface area contributed by atoms with Crippen molar-refractivity contribution in [1.29, 1.82) is 0 Å². The van der Waals surface area contributed by atoms with Crippen LogP contribution in [0.25, 0.3) is 0 Å². The van der Waals surface area contributed by atoms with E-state index >= 15 is 0 Å². The lowest BCUT2D eigenvalue weighted by Gasteiger charge is -2.25. The van der Waals surface area contributed by atoms with Crippen molar-refractivity contribution in [2.24, 2.45) is 5.92 Å². The SMILES string of the molecule is CC(C)C(NS(=O)(=O)c1ccccc1)C(=O)NC1Cc2cnccc2CCCNC(=O)C1=O. The highest BCUT2D eigenvalue weighted by Crippen LogP contribution is 2.15. The predicted octanol–water partition coefficient (Wildman–Crippen LogP) is 0.743. The molecule has 33 heavy (non-hydrogen) atoms. The van der Waals surface area contributed by atoms with Crippen molar-refractivity contribution in [3.05, 3.63) is 59.9 Å². The van der Waals surface area contributed by atoms with Crippen molar-refractivity contribution in [3.8, 4) is 0 Å². The van der Waals surface area contributed by atoms with Crippen LogP contribution in [-0.4, -0.2) is 49.6 Å². The maximum absolute atomic E-state index is 13.1. The highest BCUT2D eigenvalue weighted by molar-refractivity contribution is 7.89. The smallest absolute Gasteiger partial charge is 0.289 e. The van der Waals surface area contributed by atoms with Gasteiger partial charge >= 0.3 is 0 Å². The number of carbonyl (C=O) groups is 3. The van der Waals surface area contributed by atoms with E-state index in [-0.39, 0.29) is 11.3 Å². The summed E-state index contributed by atoms with van der Waals surface area (Å²) in [6, 6.07) is 7.27. The minimum Gasteiger partial charge on any atom is -0.349 e. The monoisotopic (exact) mass is 472 g/mol. The summed E-state index contributed by atoms with van der Waals surface area (Å²) < 4.78 is 28.0. The van der Waals surface area contributed by atoms with Crippen LogP contribution in [0.5, 0.6) is 0 Å². The van der Waals surface area contributed by atoms with Gasteiger partial charge in [-0.05, 0) is 48.1 Å². The summed E-state index contributed by atoms with van der Waals surface area (Å²) in [5, 5.41) is 5.19. The van der Waals surface area contributed by atoms with Gasteiger partial charge in [0.1, 0.15) is 12.1 Å². The lowest BCUT2D eigenvalue weighted by molar-refractivity contribution is -0.140. The molecule has 0 saturated carbocycles. The van der Waals surface area contributed by atoms with Crippen molar-refractivity contribution in [2.45, 2.75) is 50.1 Å². The number of hydrogen-bond donors (Lipinski definition) is 3. The van der Waals surface area contributed by atoms with Gasteiger partial charge < -0.3 is 10.6 Å². The Hall–Kier alpha value is -3.11. The van der Waals surface area contributed by atoms with E-state index in [1.165, 1.54) is 12.1 Å². The van der Waals surface area contributed by atoms with Gasteiger partial charge in [0.15, 0.2) is 0 Å². The van der Waals surface area contributed by atoms with Crippen molar-refractivity contribution < 1.29 is 22.8 Å². The summed E-state index contributed by atoms with van der Waals surface area (Å²) in [6.45, 7) is 3.72. The van der Waals surface area contributed by atoms with Gasteiger partial charge in [0, 0.05) is 25.4 Å². The van der Waals surface area contributed by atoms with Crippen LogP contribution < -0.4 is 15.4 Å². The van der Waals surface area contributed by atoms with Gasteiger partial charge in [-0.3, -0.25) is 19.4 Å². The maximum Gasteiger partial charge on any atom is 0.289 e. The highest BCUT2D eigenvalue weighted by Gasteiger charge is 2.33. The summed E-state index contributed by atoms with van der Waals surface area (Å²) in [6.07, 6.45) is 4.73. The molecule has 2 amide bonds. The lowest BCUT2D eigenvalue weighted by Crippen LogP contribution is -2.56. The van der Waals surface area contributed by atoms with Crippen LogP contribution in [0.15, 0.2) is 53.7 Å². The fourth-order valence-electron chi connectivity index (χ4n) is 3.63. The van der Waals surface area contributed by atoms with Gasteiger partial charge in [0.25, 0.3) is 5.91 Å². The first-order valence-electron chi connectivity index (χ1n) is 10.8. The molecule has 0 saturated heterocycles. The number of carbonyl (C=O) groups excluding carboxylic acids is 3. The molecule has 10 heteroatoms. The number of nitrogens with zero attached hydrogens (tertiary/aromatic N) is 1. The van der Waals surface area contributed by atoms with Crippen LogP contribution in [0, 0.1) is 5.92 Å². The molecule has 0 radical (unpaired) electrons. The number of pyridine rings is 1. The molecule has 0 spiro atoms. The number of fused-ring (bicyclic) bond motifs is 1. The number of aromatic nitrogens is 1. The first-order valence-corrected chi connectivity index (χ1v) is 12.3. The van der Waals surface area contributed by atoms with E-state index < -0.39 is 45.6 Å². The van der Waals surface area contributed by atoms with E-state index in [9.17, 15) is 22.8 Å². The average molecular weight is 473 g/mol. The number of aryl methyl sites for hydroxylation is 1. The summed E-state index contributed by atoms with van der Waals surface area (Å²) in [7, 11) is -3.97. The Bertz CT molecular complexity index is 1120. The van der Waals surface area contributed by atoms with Crippen LogP contribution in [-0.2, 0) is 37.2 Å². The molecule has 176 valence electrons.